The molecule has 2 N–H and O–H groups in total. The van der Waals surface area contributed by atoms with Crippen molar-refractivity contribution < 1.29 is 4.42 Å². The third-order valence-corrected chi connectivity index (χ3v) is 2.82. The summed E-state index contributed by atoms with van der Waals surface area (Å²) in [4.78, 5) is 0. The van der Waals surface area contributed by atoms with Crippen molar-refractivity contribution in [3.8, 4) is 0 Å². The van der Waals surface area contributed by atoms with Crippen LogP contribution in [0.3, 0.4) is 0 Å². The Morgan fingerprint density at radius 2 is 2.21 bits per heavy atom. The summed E-state index contributed by atoms with van der Waals surface area (Å²) in [6, 6.07) is 2.15. The van der Waals surface area contributed by atoms with Gasteiger partial charge in [0.2, 0.25) is 0 Å². The summed E-state index contributed by atoms with van der Waals surface area (Å²) in [5, 5.41) is 0. The summed E-state index contributed by atoms with van der Waals surface area (Å²) in [6.45, 7) is 4.90. The molecule has 1 fully saturated rings. The normalized spacial score (nSPS) is 16.6. The molecular formula is C12H19NO. The highest BCUT2D eigenvalue weighted by atomic mass is 16.3. The van der Waals surface area contributed by atoms with Crippen molar-refractivity contribution >= 4 is 0 Å². The van der Waals surface area contributed by atoms with E-state index in [0.717, 1.165) is 23.9 Å². The lowest BCUT2D eigenvalue weighted by Crippen LogP contribution is -1.99. The fourth-order valence-electron chi connectivity index (χ4n) is 1.86. The van der Waals surface area contributed by atoms with E-state index >= 15 is 0 Å². The highest BCUT2D eigenvalue weighted by Crippen LogP contribution is 2.34. The van der Waals surface area contributed by atoms with Crippen LogP contribution in [-0.2, 0) is 13.0 Å². The number of furan rings is 1. The lowest BCUT2D eigenvalue weighted by molar-refractivity contribution is 0.437. The Hall–Kier alpha value is -0.760. The molecule has 1 aromatic heterocycles. The van der Waals surface area contributed by atoms with Crippen LogP contribution in [0.2, 0.25) is 0 Å². The van der Waals surface area contributed by atoms with Crippen LogP contribution in [0.4, 0.5) is 0 Å². The molecule has 2 nitrogen and oxygen atoms in total. The van der Waals surface area contributed by atoms with E-state index in [0.29, 0.717) is 12.5 Å². The Kier molecular flexibility index (Phi) is 2.64. The van der Waals surface area contributed by atoms with Gasteiger partial charge >= 0.3 is 0 Å². The van der Waals surface area contributed by atoms with Crippen molar-refractivity contribution in [2.45, 2.75) is 45.6 Å². The fraction of sp³-hybridized carbons (Fsp3) is 0.667. The van der Waals surface area contributed by atoms with Crippen LogP contribution >= 0.6 is 0 Å². The smallest absolute Gasteiger partial charge is 0.111 e. The van der Waals surface area contributed by atoms with Gasteiger partial charge in [0, 0.05) is 24.4 Å². The minimum atomic E-state index is 0.446. The Balaban J connectivity index is 2.16. The molecule has 1 saturated carbocycles. The molecule has 0 atom stereocenters. The summed E-state index contributed by atoms with van der Waals surface area (Å²) in [7, 11) is 0. The van der Waals surface area contributed by atoms with Gasteiger partial charge in [-0.05, 0) is 24.8 Å². The first-order valence-corrected chi connectivity index (χ1v) is 5.52. The molecule has 1 aliphatic carbocycles. The fourth-order valence-corrected chi connectivity index (χ4v) is 1.86. The van der Waals surface area contributed by atoms with Gasteiger partial charge in [-0.15, -0.1) is 0 Å². The predicted octanol–water partition coefficient (Wildman–Crippen LogP) is 2.81. The molecule has 0 saturated heterocycles. The Bertz CT molecular complexity index is 310. The van der Waals surface area contributed by atoms with Crippen molar-refractivity contribution in [3.63, 3.8) is 0 Å². The van der Waals surface area contributed by atoms with Crippen molar-refractivity contribution in [1.82, 2.24) is 0 Å². The molecule has 0 aliphatic heterocycles. The van der Waals surface area contributed by atoms with Crippen LogP contribution < -0.4 is 5.73 Å². The van der Waals surface area contributed by atoms with Gasteiger partial charge in [-0.2, -0.15) is 0 Å². The highest BCUT2D eigenvalue weighted by Gasteiger charge is 2.24. The number of nitrogens with two attached hydrogens (primary N) is 1. The predicted molar refractivity (Wildman–Crippen MR) is 57.1 cm³/mol. The quantitative estimate of drug-likeness (QED) is 0.798. The third kappa shape index (κ3) is 2.01. The number of hydrogen-bond acceptors (Lipinski definition) is 2. The van der Waals surface area contributed by atoms with Crippen LogP contribution in [0.1, 0.15) is 49.7 Å². The standard InChI is InChI=1S/C12H19NO/c1-8(2)12-10(7-13)6-11(14-12)5-9-3-4-9/h6,8-9H,3-5,7,13H2,1-2H3. The Morgan fingerprint density at radius 3 is 2.64 bits per heavy atom. The Morgan fingerprint density at radius 1 is 1.50 bits per heavy atom. The zero-order valence-corrected chi connectivity index (χ0v) is 9.05. The first kappa shape index (κ1) is 9.78. The maximum Gasteiger partial charge on any atom is 0.111 e. The lowest BCUT2D eigenvalue weighted by atomic mass is 10.1. The minimum Gasteiger partial charge on any atom is -0.465 e. The molecule has 0 radical (unpaired) electrons. The summed E-state index contributed by atoms with van der Waals surface area (Å²) in [5.74, 6) is 3.55. The van der Waals surface area contributed by atoms with Gasteiger partial charge in [0.15, 0.2) is 0 Å². The second-order valence-corrected chi connectivity index (χ2v) is 4.61. The molecule has 0 bridgehead atoms. The SMILES string of the molecule is CC(C)c1oc(CC2CC2)cc1CN. The van der Waals surface area contributed by atoms with Gasteiger partial charge in [-0.1, -0.05) is 13.8 Å². The van der Waals surface area contributed by atoms with E-state index in [-0.39, 0.29) is 0 Å². The maximum absolute atomic E-state index is 5.84. The van der Waals surface area contributed by atoms with Gasteiger partial charge in [0.05, 0.1) is 0 Å². The van der Waals surface area contributed by atoms with E-state index in [2.05, 4.69) is 19.9 Å². The highest BCUT2D eigenvalue weighted by molar-refractivity contribution is 5.24. The average molecular weight is 193 g/mol. The zero-order chi connectivity index (χ0) is 10.1. The second-order valence-electron chi connectivity index (χ2n) is 4.61. The number of rotatable bonds is 4. The van der Waals surface area contributed by atoms with Crippen LogP contribution in [-0.4, -0.2) is 0 Å². The number of hydrogen-bond donors (Lipinski definition) is 1. The lowest BCUT2D eigenvalue weighted by Gasteiger charge is -2.02. The van der Waals surface area contributed by atoms with E-state index in [4.69, 9.17) is 10.2 Å². The van der Waals surface area contributed by atoms with E-state index in [1.807, 2.05) is 0 Å². The van der Waals surface area contributed by atoms with Crippen molar-refractivity contribution in [2.75, 3.05) is 0 Å². The van der Waals surface area contributed by atoms with Crippen LogP contribution in [0, 0.1) is 5.92 Å². The first-order valence-electron chi connectivity index (χ1n) is 5.52. The summed E-state index contributed by atoms with van der Waals surface area (Å²) < 4.78 is 5.84. The van der Waals surface area contributed by atoms with Crippen LogP contribution in [0.5, 0.6) is 0 Å². The van der Waals surface area contributed by atoms with Crippen molar-refractivity contribution in [2.24, 2.45) is 11.7 Å². The Labute approximate surface area is 85.5 Å². The average Bonchev–Trinajstić information content (AvgIpc) is 2.83. The maximum atomic E-state index is 5.84. The topological polar surface area (TPSA) is 39.2 Å². The summed E-state index contributed by atoms with van der Waals surface area (Å²) in [5.41, 5.74) is 6.88. The molecule has 1 aliphatic rings. The molecule has 0 aromatic carbocycles. The molecule has 14 heavy (non-hydrogen) atoms. The van der Waals surface area contributed by atoms with Gasteiger partial charge in [0.25, 0.3) is 0 Å². The van der Waals surface area contributed by atoms with E-state index in [9.17, 15) is 0 Å². The molecule has 0 amide bonds. The molecule has 1 aromatic rings. The second kappa shape index (κ2) is 3.77. The monoisotopic (exact) mass is 193 g/mol. The first-order chi connectivity index (χ1) is 6.70. The molecule has 78 valence electrons. The largest absolute Gasteiger partial charge is 0.465 e. The van der Waals surface area contributed by atoms with Gasteiger partial charge in [-0.25, -0.2) is 0 Å². The van der Waals surface area contributed by atoms with Gasteiger partial charge < -0.3 is 10.2 Å². The zero-order valence-electron chi connectivity index (χ0n) is 9.05. The minimum absolute atomic E-state index is 0.446. The molecule has 0 spiro atoms. The molecule has 2 rings (SSSR count). The van der Waals surface area contributed by atoms with E-state index < -0.39 is 0 Å². The third-order valence-electron chi connectivity index (χ3n) is 2.82. The van der Waals surface area contributed by atoms with E-state index in [1.54, 1.807) is 0 Å². The molecule has 1 heterocycles. The van der Waals surface area contributed by atoms with Gasteiger partial charge in [0.1, 0.15) is 11.5 Å². The molecular weight excluding hydrogens is 174 g/mol. The summed E-state index contributed by atoms with van der Waals surface area (Å²) in [6.07, 6.45) is 3.85. The van der Waals surface area contributed by atoms with Crippen LogP contribution in [0.25, 0.3) is 0 Å². The van der Waals surface area contributed by atoms with Crippen molar-refractivity contribution in [3.05, 3.63) is 23.2 Å². The van der Waals surface area contributed by atoms with Gasteiger partial charge in [-0.3, -0.25) is 0 Å². The summed E-state index contributed by atoms with van der Waals surface area (Å²) >= 11 is 0. The van der Waals surface area contributed by atoms with Crippen LogP contribution in [0.15, 0.2) is 10.5 Å². The molecule has 2 heteroatoms. The molecule has 0 unspecified atom stereocenters. The van der Waals surface area contributed by atoms with Crippen molar-refractivity contribution in [1.29, 1.82) is 0 Å². The van der Waals surface area contributed by atoms with E-state index in [1.165, 1.54) is 18.4 Å².